The molecule has 2 aromatic heterocycles. The molecular formula is C22H22BrN3O3S. The third-order valence-corrected chi connectivity index (χ3v) is 6.69. The van der Waals surface area contributed by atoms with Crippen LogP contribution in [0.2, 0.25) is 0 Å². The normalized spacial score (nSPS) is 16.6. The number of morpholine rings is 1. The number of amides is 1. The smallest absolute Gasteiger partial charge is 0.256 e. The minimum Gasteiger partial charge on any atom is -0.370 e. The lowest BCUT2D eigenvalue weighted by molar-refractivity contribution is -0.0229. The van der Waals surface area contributed by atoms with Gasteiger partial charge in [0.05, 0.1) is 24.4 Å². The number of ether oxygens (including phenoxy) is 1. The van der Waals surface area contributed by atoms with E-state index in [0.717, 1.165) is 27.1 Å². The van der Waals surface area contributed by atoms with Gasteiger partial charge in [-0.3, -0.25) is 4.79 Å². The zero-order valence-electron chi connectivity index (χ0n) is 16.8. The Morgan fingerprint density at radius 2 is 2.07 bits per heavy atom. The number of aryl methyl sites for hydroxylation is 2. The third kappa shape index (κ3) is 4.61. The minimum absolute atomic E-state index is 0.0187. The zero-order chi connectivity index (χ0) is 21.1. The van der Waals surface area contributed by atoms with E-state index >= 15 is 0 Å². The van der Waals surface area contributed by atoms with Crippen molar-refractivity contribution >= 4 is 33.6 Å². The molecule has 0 bridgehead atoms. The average molecular weight is 488 g/mol. The van der Waals surface area contributed by atoms with Crippen LogP contribution in [0.3, 0.4) is 0 Å². The van der Waals surface area contributed by atoms with Crippen LogP contribution in [0.15, 0.2) is 56.6 Å². The van der Waals surface area contributed by atoms with E-state index in [4.69, 9.17) is 9.26 Å². The first kappa shape index (κ1) is 21.1. The summed E-state index contributed by atoms with van der Waals surface area (Å²) in [5.41, 5.74) is 3.60. The highest BCUT2D eigenvalue weighted by molar-refractivity contribution is 9.10. The first-order valence-corrected chi connectivity index (χ1v) is 11.5. The Bertz CT molecular complexity index is 1020. The molecule has 3 aromatic rings. The summed E-state index contributed by atoms with van der Waals surface area (Å²) in [6.07, 6.45) is 1.59. The van der Waals surface area contributed by atoms with E-state index in [-0.39, 0.29) is 12.0 Å². The van der Waals surface area contributed by atoms with Crippen LogP contribution in [-0.2, 0) is 10.5 Å². The maximum absolute atomic E-state index is 13.3. The van der Waals surface area contributed by atoms with E-state index < -0.39 is 0 Å². The summed E-state index contributed by atoms with van der Waals surface area (Å²) in [4.78, 5) is 19.6. The lowest BCUT2D eigenvalue weighted by Crippen LogP contribution is -2.42. The van der Waals surface area contributed by atoms with Gasteiger partial charge in [-0.2, -0.15) is 0 Å². The summed E-state index contributed by atoms with van der Waals surface area (Å²) in [5, 5.41) is 4.72. The van der Waals surface area contributed by atoms with Crippen molar-refractivity contribution in [3.63, 3.8) is 0 Å². The number of aromatic nitrogens is 2. The highest BCUT2D eigenvalue weighted by Gasteiger charge is 2.28. The molecule has 0 aliphatic carbocycles. The van der Waals surface area contributed by atoms with Gasteiger partial charge in [0.25, 0.3) is 5.91 Å². The van der Waals surface area contributed by atoms with Crippen LogP contribution in [0.5, 0.6) is 0 Å². The van der Waals surface area contributed by atoms with Crippen molar-refractivity contribution < 1.29 is 14.1 Å². The molecule has 1 saturated heterocycles. The lowest BCUT2D eigenvalue weighted by Gasteiger charge is -2.33. The molecule has 1 unspecified atom stereocenters. The molecular weight excluding hydrogens is 466 g/mol. The topological polar surface area (TPSA) is 68.5 Å². The molecule has 0 radical (unpaired) electrons. The fraction of sp³-hybridized carbons (Fsp3) is 0.318. The molecule has 156 valence electrons. The number of carbonyl (C=O) groups excluding carboxylic acids is 1. The quantitative estimate of drug-likeness (QED) is 0.474. The van der Waals surface area contributed by atoms with Crippen LogP contribution in [0, 0.1) is 13.8 Å². The van der Waals surface area contributed by atoms with Gasteiger partial charge in [0.15, 0.2) is 0 Å². The summed E-state index contributed by atoms with van der Waals surface area (Å²) in [6.45, 7) is 5.41. The maximum atomic E-state index is 13.3. The monoisotopic (exact) mass is 487 g/mol. The van der Waals surface area contributed by atoms with E-state index in [0.29, 0.717) is 36.0 Å². The fourth-order valence-electron chi connectivity index (χ4n) is 3.40. The van der Waals surface area contributed by atoms with Crippen LogP contribution >= 0.6 is 27.7 Å². The number of hydrogen-bond donors (Lipinski definition) is 0. The molecule has 1 fully saturated rings. The van der Waals surface area contributed by atoms with Gasteiger partial charge in [-0.15, -0.1) is 11.8 Å². The molecule has 0 spiro atoms. The predicted molar refractivity (Wildman–Crippen MR) is 119 cm³/mol. The summed E-state index contributed by atoms with van der Waals surface area (Å²) < 4.78 is 12.2. The van der Waals surface area contributed by atoms with Crippen LogP contribution in [0.25, 0.3) is 0 Å². The van der Waals surface area contributed by atoms with Crippen molar-refractivity contribution in [3.8, 4) is 0 Å². The van der Waals surface area contributed by atoms with Crippen molar-refractivity contribution in [3.05, 3.63) is 75.2 Å². The van der Waals surface area contributed by atoms with Crippen molar-refractivity contribution in [2.45, 2.75) is 30.7 Å². The molecule has 0 N–H and O–H groups in total. The number of rotatable bonds is 5. The summed E-state index contributed by atoms with van der Waals surface area (Å²) >= 11 is 4.99. The maximum Gasteiger partial charge on any atom is 0.256 e. The Kier molecular flexibility index (Phi) is 6.55. The Hall–Kier alpha value is -2.16. The number of halogens is 1. The first-order chi connectivity index (χ1) is 14.5. The zero-order valence-corrected chi connectivity index (χ0v) is 19.2. The molecule has 1 atom stereocenters. The van der Waals surface area contributed by atoms with Crippen molar-refractivity contribution in [2.75, 3.05) is 19.7 Å². The molecule has 1 aliphatic rings. The molecule has 6 nitrogen and oxygen atoms in total. The van der Waals surface area contributed by atoms with Crippen LogP contribution < -0.4 is 0 Å². The third-order valence-electron chi connectivity index (χ3n) is 5.13. The summed E-state index contributed by atoms with van der Waals surface area (Å²) in [6, 6.07) is 11.7. The number of thioether (sulfide) groups is 1. The van der Waals surface area contributed by atoms with Gasteiger partial charge in [0.2, 0.25) is 0 Å². The van der Waals surface area contributed by atoms with Gasteiger partial charge in [0.1, 0.15) is 16.9 Å². The minimum atomic E-state index is -0.133. The summed E-state index contributed by atoms with van der Waals surface area (Å²) in [5.74, 6) is 1.44. The van der Waals surface area contributed by atoms with Crippen molar-refractivity contribution in [2.24, 2.45) is 0 Å². The molecule has 3 heterocycles. The molecule has 0 saturated carbocycles. The highest BCUT2D eigenvalue weighted by Crippen LogP contribution is 2.29. The Balaban J connectivity index is 1.49. The van der Waals surface area contributed by atoms with Crippen molar-refractivity contribution in [1.29, 1.82) is 0 Å². The van der Waals surface area contributed by atoms with Gasteiger partial charge >= 0.3 is 0 Å². The van der Waals surface area contributed by atoms with Gasteiger partial charge in [-0.1, -0.05) is 33.2 Å². The highest BCUT2D eigenvalue weighted by atomic mass is 79.9. The van der Waals surface area contributed by atoms with Gasteiger partial charge < -0.3 is 14.2 Å². The second-order valence-corrected chi connectivity index (χ2v) is 8.99. The predicted octanol–water partition coefficient (Wildman–Crippen LogP) is 4.95. The second kappa shape index (κ2) is 9.32. The largest absolute Gasteiger partial charge is 0.370 e. The lowest BCUT2D eigenvalue weighted by atomic mass is 10.1. The number of nitrogens with zero attached hydrogens (tertiary/aromatic N) is 3. The Labute approximate surface area is 188 Å². The molecule has 1 amide bonds. The average Bonchev–Trinajstić information content (AvgIpc) is 3.10. The molecule has 4 rings (SSSR count). The number of benzene rings is 1. The standard InChI is InChI=1S/C22H22BrN3O3S/c1-14-19(15(2)29-25-14)13-30-21-18(4-3-9-24-21)22(27)26-10-11-28-20(12-26)16-5-7-17(23)8-6-16/h3-9,20H,10-13H2,1-2H3. The van der Waals surface area contributed by atoms with Crippen molar-refractivity contribution in [1.82, 2.24) is 15.0 Å². The van der Waals surface area contributed by atoms with Crippen LogP contribution in [0.4, 0.5) is 0 Å². The second-order valence-electron chi connectivity index (χ2n) is 7.11. The fourth-order valence-corrected chi connectivity index (χ4v) is 4.80. The first-order valence-electron chi connectivity index (χ1n) is 9.69. The summed E-state index contributed by atoms with van der Waals surface area (Å²) in [7, 11) is 0. The van der Waals surface area contributed by atoms with Crippen LogP contribution in [-0.4, -0.2) is 40.6 Å². The van der Waals surface area contributed by atoms with Gasteiger partial charge in [-0.25, -0.2) is 4.98 Å². The number of carbonyl (C=O) groups is 1. The number of hydrogen-bond acceptors (Lipinski definition) is 6. The van der Waals surface area contributed by atoms with E-state index in [1.54, 1.807) is 12.3 Å². The molecule has 1 aromatic carbocycles. The molecule has 1 aliphatic heterocycles. The molecule has 8 heteroatoms. The Morgan fingerprint density at radius 3 is 2.80 bits per heavy atom. The Morgan fingerprint density at radius 1 is 1.27 bits per heavy atom. The van der Waals surface area contributed by atoms with E-state index in [1.807, 2.05) is 49.1 Å². The van der Waals surface area contributed by atoms with Crippen LogP contribution in [0.1, 0.15) is 39.0 Å². The van der Waals surface area contributed by atoms with E-state index in [2.05, 4.69) is 26.1 Å². The van der Waals surface area contributed by atoms with Gasteiger partial charge in [-0.05, 0) is 43.7 Å². The van der Waals surface area contributed by atoms with E-state index in [9.17, 15) is 4.79 Å². The SMILES string of the molecule is Cc1noc(C)c1CSc1ncccc1C(=O)N1CCOC(c2ccc(Br)cc2)C1. The number of pyridine rings is 1. The molecule has 30 heavy (non-hydrogen) atoms. The van der Waals surface area contributed by atoms with Gasteiger partial charge in [0, 0.05) is 28.5 Å². The van der Waals surface area contributed by atoms with E-state index in [1.165, 1.54) is 11.8 Å².